The average molecular weight is 401 g/mol. The van der Waals surface area contributed by atoms with Crippen LogP contribution in [0.4, 0.5) is 0 Å². The molecule has 0 aliphatic heterocycles. The fraction of sp³-hybridized carbons (Fsp3) is 0.364. The van der Waals surface area contributed by atoms with Crippen molar-refractivity contribution in [1.82, 2.24) is 10.2 Å². The van der Waals surface area contributed by atoms with Crippen molar-refractivity contribution >= 4 is 23.6 Å². The first-order valence-electron chi connectivity index (χ1n) is 9.22. The van der Waals surface area contributed by atoms with Gasteiger partial charge in [-0.15, -0.1) is 11.8 Å². The second kappa shape index (κ2) is 10.8. The van der Waals surface area contributed by atoms with Crippen LogP contribution in [0.2, 0.25) is 0 Å². The molecule has 0 fully saturated rings. The third-order valence-electron chi connectivity index (χ3n) is 4.52. The number of benzene rings is 2. The quantitative estimate of drug-likeness (QED) is 0.701. The number of hydrogen-bond donors (Lipinski definition) is 1. The van der Waals surface area contributed by atoms with Gasteiger partial charge in [-0.1, -0.05) is 42.0 Å². The van der Waals surface area contributed by atoms with E-state index < -0.39 is 6.04 Å². The van der Waals surface area contributed by atoms with Crippen molar-refractivity contribution in [2.45, 2.75) is 32.2 Å². The molecule has 0 saturated heterocycles. The molecular weight excluding hydrogens is 372 g/mol. The summed E-state index contributed by atoms with van der Waals surface area (Å²) in [6, 6.07) is 15.3. The molecule has 1 N–H and O–H groups in total. The summed E-state index contributed by atoms with van der Waals surface area (Å²) in [5.41, 5.74) is 3.32. The van der Waals surface area contributed by atoms with Crippen LogP contribution >= 0.6 is 11.8 Å². The summed E-state index contributed by atoms with van der Waals surface area (Å²) in [6.45, 7) is 4.16. The Kier molecular flexibility index (Phi) is 8.39. The van der Waals surface area contributed by atoms with E-state index in [-0.39, 0.29) is 11.8 Å². The number of carbonyl (C=O) groups is 2. The van der Waals surface area contributed by atoms with Crippen molar-refractivity contribution in [3.05, 3.63) is 65.2 Å². The monoisotopic (exact) mass is 400 g/mol. The smallest absolute Gasteiger partial charge is 0.242 e. The molecule has 0 radical (unpaired) electrons. The van der Waals surface area contributed by atoms with E-state index >= 15 is 0 Å². The highest BCUT2D eigenvalue weighted by Crippen LogP contribution is 2.18. The molecule has 0 aromatic heterocycles. The minimum Gasteiger partial charge on any atom is -0.497 e. The van der Waals surface area contributed by atoms with Gasteiger partial charge >= 0.3 is 0 Å². The molecule has 2 rings (SSSR count). The van der Waals surface area contributed by atoms with Crippen LogP contribution in [0.5, 0.6) is 5.75 Å². The van der Waals surface area contributed by atoms with E-state index in [4.69, 9.17) is 4.74 Å². The number of likely N-dealkylation sites (N-methyl/N-ethyl adjacent to an activating group) is 1. The normalized spacial score (nSPS) is 11.6. The topological polar surface area (TPSA) is 58.6 Å². The van der Waals surface area contributed by atoms with Gasteiger partial charge in [0.05, 0.1) is 12.9 Å². The maximum absolute atomic E-state index is 12.9. The number of thioether (sulfide) groups is 1. The minimum atomic E-state index is -0.552. The molecule has 2 aromatic carbocycles. The van der Waals surface area contributed by atoms with Crippen LogP contribution in [0.15, 0.2) is 48.5 Å². The van der Waals surface area contributed by atoms with Crippen molar-refractivity contribution in [2.24, 2.45) is 0 Å². The molecule has 0 aliphatic carbocycles. The molecule has 0 saturated carbocycles. The van der Waals surface area contributed by atoms with Crippen LogP contribution < -0.4 is 10.1 Å². The molecule has 0 spiro atoms. The number of nitrogens with zero attached hydrogens (tertiary/aromatic N) is 1. The summed E-state index contributed by atoms with van der Waals surface area (Å²) in [7, 11) is 3.19. The molecule has 0 unspecified atom stereocenters. The highest BCUT2D eigenvalue weighted by molar-refractivity contribution is 7.99. The lowest BCUT2D eigenvalue weighted by atomic mass is 10.1. The van der Waals surface area contributed by atoms with Crippen LogP contribution in [-0.2, 0) is 21.9 Å². The van der Waals surface area contributed by atoms with Gasteiger partial charge in [0, 0.05) is 19.3 Å². The van der Waals surface area contributed by atoms with Crippen molar-refractivity contribution in [3.8, 4) is 5.75 Å². The molecular formula is C22H28N2O3S. The first kappa shape index (κ1) is 21.8. The molecule has 2 amide bonds. The second-order valence-electron chi connectivity index (χ2n) is 6.64. The molecule has 150 valence electrons. The van der Waals surface area contributed by atoms with Crippen molar-refractivity contribution < 1.29 is 14.3 Å². The number of rotatable bonds is 9. The third-order valence-corrected chi connectivity index (χ3v) is 5.50. The lowest BCUT2D eigenvalue weighted by Gasteiger charge is -2.28. The van der Waals surface area contributed by atoms with Crippen LogP contribution in [0.1, 0.15) is 23.6 Å². The number of amides is 2. The highest BCUT2D eigenvalue weighted by Gasteiger charge is 2.25. The molecule has 0 heterocycles. The van der Waals surface area contributed by atoms with Gasteiger partial charge in [-0.2, -0.15) is 0 Å². The fourth-order valence-electron chi connectivity index (χ4n) is 2.78. The van der Waals surface area contributed by atoms with Gasteiger partial charge in [0.1, 0.15) is 11.8 Å². The maximum Gasteiger partial charge on any atom is 0.242 e. The van der Waals surface area contributed by atoms with Crippen molar-refractivity contribution in [1.29, 1.82) is 0 Å². The lowest BCUT2D eigenvalue weighted by molar-refractivity contribution is -0.138. The Morgan fingerprint density at radius 3 is 2.50 bits per heavy atom. The second-order valence-corrected chi connectivity index (χ2v) is 7.63. The summed E-state index contributed by atoms with van der Waals surface area (Å²) in [4.78, 5) is 26.7. The Morgan fingerprint density at radius 2 is 1.86 bits per heavy atom. The molecule has 6 heteroatoms. The van der Waals surface area contributed by atoms with Gasteiger partial charge in [0.25, 0.3) is 0 Å². The van der Waals surface area contributed by atoms with Gasteiger partial charge in [-0.05, 0) is 37.1 Å². The summed E-state index contributed by atoms with van der Waals surface area (Å²) in [6.07, 6.45) is 0. The molecule has 0 aliphatic rings. The van der Waals surface area contributed by atoms with E-state index in [1.54, 1.807) is 37.7 Å². The van der Waals surface area contributed by atoms with E-state index in [1.807, 2.05) is 24.3 Å². The SMILES string of the molecule is CNC(=O)[C@H](C)N(Cc1cccc(OC)c1)C(=O)CSCc1ccc(C)cc1. The van der Waals surface area contributed by atoms with Gasteiger partial charge in [0.2, 0.25) is 11.8 Å². The Balaban J connectivity index is 2.05. The highest BCUT2D eigenvalue weighted by atomic mass is 32.2. The minimum absolute atomic E-state index is 0.0592. The zero-order chi connectivity index (χ0) is 20.5. The van der Waals surface area contributed by atoms with Crippen molar-refractivity contribution in [3.63, 3.8) is 0 Å². The standard InChI is InChI=1S/C22H28N2O3S/c1-16-8-10-18(11-9-16)14-28-15-21(25)24(17(2)22(26)23-3)13-19-6-5-7-20(12-19)27-4/h5-12,17H,13-15H2,1-4H3,(H,23,26)/t17-/m0/s1. The van der Waals surface area contributed by atoms with E-state index in [9.17, 15) is 9.59 Å². The van der Waals surface area contributed by atoms with Gasteiger partial charge in [-0.25, -0.2) is 0 Å². The van der Waals surface area contributed by atoms with E-state index in [0.29, 0.717) is 12.3 Å². The predicted molar refractivity (Wildman–Crippen MR) is 114 cm³/mol. The number of aryl methyl sites for hydroxylation is 1. The summed E-state index contributed by atoms with van der Waals surface area (Å²) in [5, 5.41) is 2.63. The average Bonchev–Trinajstić information content (AvgIpc) is 2.72. The Morgan fingerprint density at radius 1 is 1.14 bits per heavy atom. The number of methoxy groups -OCH3 is 1. The largest absolute Gasteiger partial charge is 0.497 e. The summed E-state index contributed by atoms with van der Waals surface area (Å²) in [5.74, 6) is 1.56. The molecule has 2 aromatic rings. The number of ether oxygens (including phenoxy) is 1. The number of nitrogens with one attached hydrogen (secondary N) is 1. The van der Waals surface area contributed by atoms with Gasteiger partial charge < -0.3 is 15.0 Å². The van der Waals surface area contributed by atoms with E-state index in [2.05, 4.69) is 36.5 Å². The lowest BCUT2D eigenvalue weighted by Crippen LogP contribution is -2.47. The summed E-state index contributed by atoms with van der Waals surface area (Å²) < 4.78 is 5.26. The Hall–Kier alpha value is -2.47. The fourth-order valence-corrected chi connectivity index (χ4v) is 3.65. The first-order chi connectivity index (χ1) is 13.4. The molecule has 28 heavy (non-hydrogen) atoms. The van der Waals surface area contributed by atoms with Crippen molar-refractivity contribution in [2.75, 3.05) is 19.9 Å². The maximum atomic E-state index is 12.9. The van der Waals surface area contributed by atoms with Crippen LogP contribution in [0.3, 0.4) is 0 Å². The predicted octanol–water partition coefficient (Wildman–Crippen LogP) is 3.40. The summed E-state index contributed by atoms with van der Waals surface area (Å²) >= 11 is 1.56. The van der Waals surface area contributed by atoms with Gasteiger partial charge in [0.15, 0.2) is 0 Å². The van der Waals surface area contributed by atoms with E-state index in [1.165, 1.54) is 11.1 Å². The molecule has 0 bridgehead atoms. The van der Waals surface area contributed by atoms with Crippen LogP contribution in [0, 0.1) is 6.92 Å². The molecule has 1 atom stereocenters. The van der Waals surface area contributed by atoms with Crippen LogP contribution in [-0.4, -0.2) is 42.7 Å². The first-order valence-corrected chi connectivity index (χ1v) is 10.4. The number of hydrogen-bond acceptors (Lipinski definition) is 4. The third kappa shape index (κ3) is 6.30. The number of carbonyl (C=O) groups excluding carboxylic acids is 2. The van der Waals surface area contributed by atoms with Gasteiger partial charge in [-0.3, -0.25) is 9.59 Å². The Labute approximate surface area is 171 Å². The zero-order valence-electron chi connectivity index (χ0n) is 16.9. The van der Waals surface area contributed by atoms with Crippen LogP contribution in [0.25, 0.3) is 0 Å². The zero-order valence-corrected chi connectivity index (χ0v) is 17.7. The molecule has 5 nitrogen and oxygen atoms in total. The van der Waals surface area contributed by atoms with E-state index in [0.717, 1.165) is 17.1 Å². The Bertz CT molecular complexity index is 793.